The minimum absolute atomic E-state index is 0.0190. The Bertz CT molecular complexity index is 1290. The van der Waals surface area contributed by atoms with Crippen molar-refractivity contribution in [2.24, 2.45) is 5.92 Å². The smallest absolute Gasteiger partial charge is 0.342 e. The average Bonchev–Trinajstić information content (AvgIpc) is 2.90. The minimum Gasteiger partial charge on any atom is -0.507 e. The number of carbonyl (C=O) groups excluding carboxylic acids is 3. The van der Waals surface area contributed by atoms with Crippen LogP contribution in [0.25, 0.3) is 6.08 Å². The topological polar surface area (TPSA) is 108 Å². The lowest BCUT2D eigenvalue weighted by molar-refractivity contribution is -0.135. The van der Waals surface area contributed by atoms with Gasteiger partial charge in [0.2, 0.25) is 0 Å². The first-order valence-corrected chi connectivity index (χ1v) is 14.0. The highest BCUT2D eigenvalue weighted by Gasteiger charge is 2.37. The molecule has 40 heavy (non-hydrogen) atoms. The fraction of sp³-hybridized carbons (Fsp3) is 0.469. The molecule has 214 valence electrons. The van der Waals surface area contributed by atoms with Crippen LogP contribution in [-0.4, -0.2) is 42.6 Å². The highest BCUT2D eigenvalue weighted by atomic mass is 16.5. The Balaban J connectivity index is 1.85. The molecule has 4 rings (SSSR count). The highest BCUT2D eigenvalue weighted by molar-refractivity contribution is 5.98. The molecule has 2 aromatic carbocycles. The van der Waals surface area contributed by atoms with E-state index in [1.807, 2.05) is 26.0 Å². The maximum atomic E-state index is 13.5. The normalized spacial score (nSPS) is 20.2. The first-order chi connectivity index (χ1) is 19.2. The number of esters is 2. The molecule has 1 N–H and O–H groups in total. The molecule has 8 heteroatoms. The number of rotatable bonds is 5. The van der Waals surface area contributed by atoms with Crippen LogP contribution in [0.4, 0.5) is 0 Å². The van der Waals surface area contributed by atoms with Crippen molar-refractivity contribution in [3.63, 3.8) is 0 Å². The van der Waals surface area contributed by atoms with Gasteiger partial charge in [-0.1, -0.05) is 38.1 Å². The molecule has 0 radical (unpaired) electrons. The molecule has 2 aromatic rings. The van der Waals surface area contributed by atoms with Crippen LogP contribution >= 0.6 is 0 Å². The number of methoxy groups -OCH3 is 1. The van der Waals surface area contributed by atoms with Gasteiger partial charge >= 0.3 is 11.9 Å². The summed E-state index contributed by atoms with van der Waals surface area (Å²) < 4.78 is 23.0. The van der Waals surface area contributed by atoms with Gasteiger partial charge in [-0.15, -0.1) is 0 Å². The molecule has 0 bridgehead atoms. The third-order valence-electron chi connectivity index (χ3n) is 7.14. The van der Waals surface area contributed by atoms with Crippen molar-refractivity contribution in [1.29, 1.82) is 0 Å². The number of Topliss-reactive ketones (excluding diaryl/α,β-unsaturated/α-hetero) is 1. The summed E-state index contributed by atoms with van der Waals surface area (Å²) in [4.78, 5) is 38.4. The molecule has 2 atom stereocenters. The molecule has 2 aliphatic rings. The maximum absolute atomic E-state index is 13.5. The molecule has 0 spiro atoms. The molecule has 0 aromatic heterocycles. The van der Waals surface area contributed by atoms with E-state index < -0.39 is 24.0 Å². The number of phenols is 1. The van der Waals surface area contributed by atoms with Gasteiger partial charge in [-0.25, -0.2) is 4.79 Å². The number of ether oxygens (including phenoxy) is 4. The lowest BCUT2D eigenvalue weighted by atomic mass is 9.83. The molecule has 0 unspecified atom stereocenters. The predicted octanol–water partition coefficient (Wildman–Crippen LogP) is 6.36. The zero-order valence-corrected chi connectivity index (χ0v) is 23.7. The summed E-state index contributed by atoms with van der Waals surface area (Å²) in [6.45, 7) is 6.26. The van der Waals surface area contributed by atoms with Crippen molar-refractivity contribution in [2.75, 3.05) is 13.7 Å². The van der Waals surface area contributed by atoms with Crippen molar-refractivity contribution < 1.29 is 38.4 Å². The zero-order valence-electron chi connectivity index (χ0n) is 23.7. The predicted molar refractivity (Wildman–Crippen MR) is 150 cm³/mol. The van der Waals surface area contributed by atoms with Gasteiger partial charge in [-0.2, -0.15) is 0 Å². The van der Waals surface area contributed by atoms with E-state index >= 15 is 0 Å². The molecular formula is C32H38O8. The van der Waals surface area contributed by atoms with Gasteiger partial charge in [0.25, 0.3) is 0 Å². The largest absolute Gasteiger partial charge is 0.507 e. The van der Waals surface area contributed by atoms with Gasteiger partial charge in [0.15, 0.2) is 11.5 Å². The van der Waals surface area contributed by atoms with Crippen molar-refractivity contribution in [2.45, 2.75) is 77.7 Å². The average molecular weight is 551 g/mol. The standard InChI is InChI=1S/C32H38O8/c1-19(2)18-38-31-23(14-9-15-25(31)37-4)24-17-27(34)40-26-16-21-11-6-5-7-12-22(33)13-8-10-20(3)39-32(36)28(21)30(35)29(24)26/h6,9,11,14-16,19-20,24,35H,5,7-8,10,12-13,17-18H2,1-4H3/t20-,24-/m0/s1. The van der Waals surface area contributed by atoms with Crippen LogP contribution in [0.3, 0.4) is 0 Å². The van der Waals surface area contributed by atoms with Gasteiger partial charge in [-0.3, -0.25) is 9.59 Å². The third kappa shape index (κ3) is 6.66. The Hall–Kier alpha value is -3.81. The van der Waals surface area contributed by atoms with Crippen LogP contribution in [0.2, 0.25) is 0 Å². The molecule has 8 nitrogen and oxygen atoms in total. The number of allylic oxidation sites excluding steroid dienone is 1. The van der Waals surface area contributed by atoms with E-state index in [-0.39, 0.29) is 35.2 Å². The van der Waals surface area contributed by atoms with Crippen molar-refractivity contribution in [1.82, 2.24) is 0 Å². The number of fused-ring (bicyclic) bond motifs is 2. The van der Waals surface area contributed by atoms with E-state index in [0.29, 0.717) is 73.3 Å². The second-order valence-corrected chi connectivity index (χ2v) is 10.9. The van der Waals surface area contributed by atoms with Crippen LogP contribution in [0.1, 0.15) is 98.7 Å². The summed E-state index contributed by atoms with van der Waals surface area (Å²) >= 11 is 0. The monoisotopic (exact) mass is 550 g/mol. The summed E-state index contributed by atoms with van der Waals surface area (Å²) in [5.41, 5.74) is 1.37. The number of hydrogen-bond donors (Lipinski definition) is 1. The Kier molecular flexibility index (Phi) is 9.50. The zero-order chi connectivity index (χ0) is 28.8. The Morgan fingerprint density at radius 1 is 1.12 bits per heavy atom. The van der Waals surface area contributed by atoms with E-state index in [4.69, 9.17) is 18.9 Å². The molecule has 0 fully saturated rings. The Morgan fingerprint density at radius 3 is 2.65 bits per heavy atom. The van der Waals surface area contributed by atoms with Crippen LogP contribution in [0.5, 0.6) is 23.0 Å². The lowest BCUT2D eigenvalue weighted by Gasteiger charge is -2.29. The molecule has 0 saturated carbocycles. The minimum atomic E-state index is -0.673. The Morgan fingerprint density at radius 2 is 1.90 bits per heavy atom. The van der Waals surface area contributed by atoms with Crippen molar-refractivity contribution in [3.05, 3.63) is 52.6 Å². The number of benzene rings is 2. The molecular weight excluding hydrogens is 512 g/mol. The molecule has 0 saturated heterocycles. The fourth-order valence-electron chi connectivity index (χ4n) is 5.16. The number of aromatic hydroxyl groups is 1. The first kappa shape index (κ1) is 29.2. The van der Waals surface area contributed by atoms with Crippen molar-refractivity contribution in [3.8, 4) is 23.0 Å². The molecule has 0 aliphatic carbocycles. The van der Waals surface area contributed by atoms with Crippen molar-refractivity contribution >= 4 is 23.8 Å². The molecule has 0 amide bonds. The van der Waals surface area contributed by atoms with E-state index in [9.17, 15) is 19.5 Å². The number of hydrogen-bond acceptors (Lipinski definition) is 8. The lowest BCUT2D eigenvalue weighted by Crippen LogP contribution is -2.24. The highest BCUT2D eigenvalue weighted by Crippen LogP contribution is 2.50. The van der Waals surface area contributed by atoms with Crippen LogP contribution in [-0.2, 0) is 14.3 Å². The quantitative estimate of drug-likeness (QED) is 0.339. The van der Waals surface area contributed by atoms with E-state index in [0.717, 1.165) is 0 Å². The third-order valence-corrected chi connectivity index (χ3v) is 7.14. The van der Waals surface area contributed by atoms with Gasteiger partial charge in [-0.05, 0) is 56.2 Å². The van der Waals surface area contributed by atoms with E-state index in [1.165, 1.54) is 0 Å². The summed E-state index contributed by atoms with van der Waals surface area (Å²) in [5, 5.41) is 11.7. The fourth-order valence-corrected chi connectivity index (χ4v) is 5.16. The summed E-state index contributed by atoms with van der Waals surface area (Å²) in [6, 6.07) is 7.01. The number of carbonyl (C=O) groups is 3. The van der Waals surface area contributed by atoms with Crippen LogP contribution in [0, 0.1) is 5.92 Å². The Labute approximate surface area is 235 Å². The van der Waals surface area contributed by atoms with Gasteiger partial charge in [0.05, 0.1) is 26.2 Å². The number of para-hydroxylation sites is 1. The number of cyclic esters (lactones) is 1. The summed E-state index contributed by atoms with van der Waals surface area (Å²) in [7, 11) is 1.55. The summed E-state index contributed by atoms with van der Waals surface area (Å²) in [6.07, 6.45) is 6.47. The second kappa shape index (κ2) is 13.0. The molecule has 2 aliphatic heterocycles. The SMILES string of the molecule is COc1cccc([C@@H]2CC(=O)Oc3cc4c(c(O)c32)C(=O)O[C@@H](C)CCCC(=O)CCCC=C4)c1OCC(C)C. The number of ketones is 1. The maximum Gasteiger partial charge on any atom is 0.342 e. The van der Waals surface area contributed by atoms with Gasteiger partial charge < -0.3 is 24.1 Å². The summed E-state index contributed by atoms with van der Waals surface area (Å²) in [5.74, 6) is -0.465. The van der Waals surface area contributed by atoms with Crippen LogP contribution in [0.15, 0.2) is 30.3 Å². The second-order valence-electron chi connectivity index (χ2n) is 10.9. The van der Waals surface area contributed by atoms with Gasteiger partial charge in [0.1, 0.15) is 22.8 Å². The van der Waals surface area contributed by atoms with Gasteiger partial charge in [0, 0.05) is 29.9 Å². The first-order valence-electron chi connectivity index (χ1n) is 14.0. The van der Waals surface area contributed by atoms with E-state index in [2.05, 4.69) is 0 Å². The van der Waals surface area contributed by atoms with Crippen LogP contribution < -0.4 is 14.2 Å². The molecule has 2 heterocycles. The number of phenolic OH excluding ortho intramolecular Hbond substituents is 1. The van der Waals surface area contributed by atoms with E-state index in [1.54, 1.807) is 38.3 Å².